The van der Waals surface area contributed by atoms with Crippen molar-refractivity contribution in [3.8, 4) is 0 Å². The van der Waals surface area contributed by atoms with Gasteiger partial charge in [-0.15, -0.1) is 0 Å². The van der Waals surface area contributed by atoms with Crippen molar-refractivity contribution in [2.45, 2.75) is 31.9 Å². The molecular weight excluding hydrogens is 345 g/mol. The smallest absolute Gasteiger partial charge is 0.405 e. The summed E-state index contributed by atoms with van der Waals surface area (Å²) in [6.07, 6.45) is 0.575. The Morgan fingerprint density at radius 1 is 1.50 bits per heavy atom. The van der Waals surface area contributed by atoms with Crippen molar-refractivity contribution >= 4 is 28.7 Å². The number of halogens is 1. The second-order valence-electron chi connectivity index (χ2n) is 4.01. The highest BCUT2D eigenvalue weighted by Crippen LogP contribution is 2.26. The second-order valence-corrected chi connectivity index (χ2v) is 5.17. The molecule has 2 atom stereocenters. The quantitative estimate of drug-likeness (QED) is 0.762. The van der Waals surface area contributed by atoms with Crippen molar-refractivity contribution in [2.24, 2.45) is 0 Å². The molecule has 0 saturated heterocycles. The zero-order valence-corrected chi connectivity index (χ0v) is 12.7. The first-order chi connectivity index (χ1) is 8.60. The first kappa shape index (κ1) is 15.2. The number of amides is 1. The molecule has 4 nitrogen and oxygen atoms in total. The summed E-state index contributed by atoms with van der Waals surface area (Å²) in [4.78, 5) is 10.9. The molecule has 1 amide bonds. The predicted octanol–water partition coefficient (Wildman–Crippen LogP) is 3.42. The average molecular weight is 363 g/mol. The van der Waals surface area contributed by atoms with Crippen LogP contribution in [0.15, 0.2) is 24.3 Å². The second kappa shape index (κ2) is 7.58. The van der Waals surface area contributed by atoms with Gasteiger partial charge in [0.2, 0.25) is 0 Å². The minimum atomic E-state index is -1.03. The van der Waals surface area contributed by atoms with Gasteiger partial charge in [-0.3, -0.25) is 0 Å². The van der Waals surface area contributed by atoms with E-state index >= 15 is 0 Å². The van der Waals surface area contributed by atoms with Gasteiger partial charge in [0, 0.05) is 10.7 Å². The molecule has 1 aromatic rings. The summed E-state index contributed by atoms with van der Waals surface area (Å²) in [6, 6.07) is 7.41. The van der Waals surface area contributed by atoms with Crippen molar-refractivity contribution in [3.05, 3.63) is 33.4 Å². The topological polar surface area (TPSA) is 58.6 Å². The summed E-state index contributed by atoms with van der Waals surface area (Å²) in [5, 5.41) is 11.5. The van der Waals surface area contributed by atoms with Crippen LogP contribution < -0.4 is 5.32 Å². The Morgan fingerprint density at radius 3 is 2.67 bits per heavy atom. The van der Waals surface area contributed by atoms with Gasteiger partial charge in [0.1, 0.15) is 0 Å². The lowest BCUT2D eigenvalue weighted by Gasteiger charge is -2.27. The molecule has 2 N–H and O–H groups in total. The third kappa shape index (κ3) is 4.13. The van der Waals surface area contributed by atoms with Crippen molar-refractivity contribution in [2.75, 3.05) is 7.11 Å². The first-order valence-corrected chi connectivity index (χ1v) is 6.94. The number of nitrogens with one attached hydrogen (secondary N) is 1. The molecule has 0 saturated carbocycles. The van der Waals surface area contributed by atoms with Gasteiger partial charge in [-0.05, 0) is 40.6 Å². The van der Waals surface area contributed by atoms with Crippen LogP contribution in [0.3, 0.4) is 0 Å². The maximum absolute atomic E-state index is 10.9. The fourth-order valence-electron chi connectivity index (χ4n) is 1.94. The number of benzene rings is 1. The van der Waals surface area contributed by atoms with Crippen LogP contribution in [0.4, 0.5) is 4.79 Å². The Hall–Kier alpha value is -0.820. The third-order valence-corrected chi connectivity index (χ3v) is 3.75. The van der Waals surface area contributed by atoms with Gasteiger partial charge in [0.25, 0.3) is 0 Å². The van der Waals surface area contributed by atoms with Crippen LogP contribution in [-0.4, -0.2) is 24.4 Å². The van der Waals surface area contributed by atoms with Crippen LogP contribution in [-0.2, 0) is 4.74 Å². The maximum Gasteiger partial charge on any atom is 0.405 e. The Morgan fingerprint density at radius 2 is 2.17 bits per heavy atom. The standard InChI is InChI=1S/C13H18INO3/c1-3-6-11(18-2)12(15-13(16)17)9-7-4-5-8-10(9)14/h4-5,7-8,11-12,15H,3,6H2,1-2H3,(H,16,17). The fraction of sp³-hybridized carbons (Fsp3) is 0.462. The van der Waals surface area contributed by atoms with Crippen LogP contribution in [0.5, 0.6) is 0 Å². The van der Waals surface area contributed by atoms with Crippen molar-refractivity contribution < 1.29 is 14.6 Å². The van der Waals surface area contributed by atoms with E-state index in [2.05, 4.69) is 34.8 Å². The van der Waals surface area contributed by atoms with E-state index < -0.39 is 6.09 Å². The lowest BCUT2D eigenvalue weighted by atomic mass is 9.98. The number of hydrogen-bond donors (Lipinski definition) is 2. The molecule has 5 heteroatoms. The summed E-state index contributed by atoms with van der Waals surface area (Å²) < 4.78 is 6.47. The Bertz CT molecular complexity index is 398. The average Bonchev–Trinajstić information content (AvgIpc) is 2.34. The zero-order valence-electron chi connectivity index (χ0n) is 10.5. The lowest BCUT2D eigenvalue weighted by Crippen LogP contribution is -2.36. The normalized spacial score (nSPS) is 13.9. The summed E-state index contributed by atoms with van der Waals surface area (Å²) in [7, 11) is 1.62. The molecule has 0 radical (unpaired) electrons. The highest BCUT2D eigenvalue weighted by molar-refractivity contribution is 14.1. The number of carbonyl (C=O) groups is 1. The van der Waals surface area contributed by atoms with E-state index in [1.165, 1.54) is 0 Å². The minimum Gasteiger partial charge on any atom is -0.465 e. The van der Waals surface area contributed by atoms with Crippen LogP contribution in [0, 0.1) is 3.57 Å². The number of methoxy groups -OCH3 is 1. The number of hydrogen-bond acceptors (Lipinski definition) is 2. The maximum atomic E-state index is 10.9. The van der Waals surface area contributed by atoms with Gasteiger partial charge in [-0.2, -0.15) is 0 Å². The zero-order chi connectivity index (χ0) is 13.5. The summed E-state index contributed by atoms with van der Waals surface area (Å²) in [6.45, 7) is 2.06. The van der Waals surface area contributed by atoms with E-state index in [0.29, 0.717) is 0 Å². The van der Waals surface area contributed by atoms with E-state index in [1.807, 2.05) is 24.3 Å². The number of carboxylic acid groups (broad SMARTS) is 1. The molecule has 1 rings (SSSR count). The molecule has 0 aliphatic rings. The highest BCUT2D eigenvalue weighted by Gasteiger charge is 2.25. The molecule has 2 unspecified atom stereocenters. The van der Waals surface area contributed by atoms with E-state index in [-0.39, 0.29) is 12.1 Å². The van der Waals surface area contributed by atoms with E-state index in [0.717, 1.165) is 22.0 Å². The van der Waals surface area contributed by atoms with Crippen molar-refractivity contribution in [3.63, 3.8) is 0 Å². The third-order valence-electron chi connectivity index (χ3n) is 2.77. The van der Waals surface area contributed by atoms with E-state index in [4.69, 9.17) is 9.84 Å². The molecule has 18 heavy (non-hydrogen) atoms. The lowest BCUT2D eigenvalue weighted by molar-refractivity contribution is 0.0597. The van der Waals surface area contributed by atoms with Crippen LogP contribution in [0.2, 0.25) is 0 Å². The molecule has 0 aromatic heterocycles. The Labute approximate surface area is 121 Å². The molecule has 0 bridgehead atoms. The van der Waals surface area contributed by atoms with Gasteiger partial charge in [-0.1, -0.05) is 31.5 Å². The molecule has 100 valence electrons. The van der Waals surface area contributed by atoms with Gasteiger partial charge in [0.15, 0.2) is 0 Å². The summed E-state index contributed by atoms with van der Waals surface area (Å²) in [5.74, 6) is 0. The summed E-state index contributed by atoms with van der Waals surface area (Å²) in [5.41, 5.74) is 0.959. The first-order valence-electron chi connectivity index (χ1n) is 5.86. The monoisotopic (exact) mass is 363 g/mol. The molecule has 1 aromatic carbocycles. The van der Waals surface area contributed by atoms with Gasteiger partial charge >= 0.3 is 6.09 Å². The largest absolute Gasteiger partial charge is 0.465 e. The van der Waals surface area contributed by atoms with E-state index in [1.54, 1.807) is 7.11 Å². The highest BCUT2D eigenvalue weighted by atomic mass is 127. The fourth-order valence-corrected chi connectivity index (χ4v) is 2.66. The van der Waals surface area contributed by atoms with E-state index in [9.17, 15) is 4.79 Å². The van der Waals surface area contributed by atoms with Crippen LogP contribution in [0.25, 0.3) is 0 Å². The number of ether oxygens (including phenoxy) is 1. The van der Waals surface area contributed by atoms with Crippen molar-refractivity contribution in [1.82, 2.24) is 5.32 Å². The Balaban J connectivity index is 3.03. The SMILES string of the molecule is CCCC(OC)C(NC(=O)O)c1ccccc1I. The molecule has 0 fully saturated rings. The van der Waals surface area contributed by atoms with Gasteiger partial charge in [0.05, 0.1) is 12.1 Å². The van der Waals surface area contributed by atoms with Crippen molar-refractivity contribution in [1.29, 1.82) is 0 Å². The summed E-state index contributed by atoms with van der Waals surface area (Å²) >= 11 is 2.21. The van der Waals surface area contributed by atoms with Gasteiger partial charge < -0.3 is 15.2 Å². The van der Waals surface area contributed by atoms with Crippen LogP contribution >= 0.6 is 22.6 Å². The minimum absolute atomic E-state index is 0.151. The predicted molar refractivity (Wildman–Crippen MR) is 78.8 cm³/mol. The molecule has 0 aliphatic heterocycles. The Kier molecular flexibility index (Phi) is 6.42. The molecule has 0 aliphatic carbocycles. The van der Waals surface area contributed by atoms with Crippen LogP contribution in [0.1, 0.15) is 31.4 Å². The molecule has 0 spiro atoms. The molecule has 0 heterocycles. The number of rotatable bonds is 6. The van der Waals surface area contributed by atoms with Gasteiger partial charge in [-0.25, -0.2) is 4.79 Å². The molecular formula is C13H18INO3.